The van der Waals surface area contributed by atoms with Crippen LogP contribution in [0.3, 0.4) is 0 Å². The number of carbonyl (C=O) groups is 1. The molecule has 1 aliphatic carbocycles. The molecule has 146 valence electrons. The van der Waals surface area contributed by atoms with Crippen LogP contribution in [0.1, 0.15) is 31.7 Å². The van der Waals surface area contributed by atoms with E-state index < -0.39 is 50.6 Å². The van der Waals surface area contributed by atoms with E-state index >= 15 is 0 Å². The van der Waals surface area contributed by atoms with Crippen LogP contribution in [0, 0.1) is 48.8 Å². The van der Waals surface area contributed by atoms with Crippen molar-refractivity contribution >= 4 is 17.2 Å². The molecular formula is C18H18N4O6. The zero-order chi connectivity index (χ0) is 20.8. The van der Waals surface area contributed by atoms with Crippen molar-refractivity contribution in [2.24, 2.45) is 23.0 Å². The zero-order valence-electron chi connectivity index (χ0n) is 15.2. The molecule has 1 aromatic rings. The average molecular weight is 386 g/mol. The monoisotopic (exact) mass is 386 g/mol. The molecule has 10 nitrogen and oxygen atoms in total. The van der Waals surface area contributed by atoms with Gasteiger partial charge in [0.05, 0.1) is 27.9 Å². The van der Waals surface area contributed by atoms with Crippen LogP contribution >= 0.6 is 0 Å². The molecule has 0 aromatic heterocycles. The largest absolute Gasteiger partial charge is 0.478 e. The highest BCUT2D eigenvalue weighted by Gasteiger charge is 2.51. The van der Waals surface area contributed by atoms with Crippen LogP contribution in [-0.2, 0) is 9.53 Å². The van der Waals surface area contributed by atoms with Gasteiger partial charge in [-0.15, -0.1) is 0 Å². The number of nitrogens with zero attached hydrogens (tertiary/aromatic N) is 3. The van der Waals surface area contributed by atoms with E-state index in [0.717, 1.165) is 12.1 Å². The van der Waals surface area contributed by atoms with E-state index in [0.29, 0.717) is 0 Å². The number of allylic oxidation sites excluding steroid dienone is 2. The third-order valence-electron chi connectivity index (χ3n) is 5.12. The number of non-ortho nitro benzene ring substituents is 1. The maximum Gasteiger partial charge on any atom is 0.279 e. The topological polar surface area (TPSA) is 162 Å². The zero-order valence-corrected chi connectivity index (χ0v) is 15.2. The quantitative estimate of drug-likeness (QED) is 0.612. The average Bonchev–Trinajstić information content (AvgIpc) is 2.58. The Morgan fingerprint density at radius 2 is 1.96 bits per heavy atom. The number of hydrogen-bond acceptors (Lipinski definition) is 8. The number of rotatable bonds is 3. The minimum absolute atomic E-state index is 0.0601. The summed E-state index contributed by atoms with van der Waals surface area (Å²) in [6, 6.07) is 5.19. The fourth-order valence-corrected chi connectivity index (χ4v) is 3.98. The Balaban J connectivity index is 2.22. The molecule has 0 saturated carbocycles. The molecule has 0 amide bonds. The molecule has 10 heteroatoms. The van der Waals surface area contributed by atoms with Crippen molar-refractivity contribution in [1.29, 1.82) is 5.26 Å². The SMILES string of the molecule is CC1(C)C=C2OC(N)C(C#N)C(c3ccc([N+](=O)[O-])cc3[N+](=O)[O-])C2C(=O)C1. The maximum atomic E-state index is 12.9. The number of benzene rings is 1. The Morgan fingerprint density at radius 1 is 1.29 bits per heavy atom. The van der Waals surface area contributed by atoms with Crippen LogP contribution in [0.15, 0.2) is 30.0 Å². The molecule has 3 rings (SSSR count). The molecule has 1 fully saturated rings. The number of hydrogen-bond donors (Lipinski definition) is 1. The lowest BCUT2D eigenvalue weighted by molar-refractivity contribution is -0.394. The molecule has 28 heavy (non-hydrogen) atoms. The van der Waals surface area contributed by atoms with Crippen LogP contribution in [0.25, 0.3) is 0 Å². The van der Waals surface area contributed by atoms with Gasteiger partial charge in [0.15, 0.2) is 6.23 Å². The second kappa shape index (κ2) is 6.69. The molecule has 4 unspecified atom stereocenters. The number of nitrogens with two attached hydrogens (primary N) is 1. The highest BCUT2D eigenvalue weighted by molar-refractivity contribution is 5.87. The van der Waals surface area contributed by atoms with Crippen molar-refractivity contribution < 1.29 is 19.4 Å². The van der Waals surface area contributed by atoms with Gasteiger partial charge in [0, 0.05) is 24.0 Å². The molecule has 1 aliphatic heterocycles. The van der Waals surface area contributed by atoms with E-state index in [-0.39, 0.29) is 23.5 Å². The van der Waals surface area contributed by atoms with Crippen LogP contribution in [0.5, 0.6) is 0 Å². The minimum atomic E-state index is -1.09. The van der Waals surface area contributed by atoms with Crippen molar-refractivity contribution in [2.45, 2.75) is 32.4 Å². The summed E-state index contributed by atoms with van der Waals surface area (Å²) >= 11 is 0. The number of fused-ring (bicyclic) bond motifs is 1. The number of nitro groups is 2. The van der Waals surface area contributed by atoms with Crippen molar-refractivity contribution in [2.75, 3.05) is 0 Å². The molecular weight excluding hydrogens is 368 g/mol. The first kappa shape index (κ1) is 19.4. The fourth-order valence-electron chi connectivity index (χ4n) is 3.98. The first-order valence-corrected chi connectivity index (χ1v) is 8.56. The lowest BCUT2D eigenvalue weighted by Gasteiger charge is -2.43. The van der Waals surface area contributed by atoms with Gasteiger partial charge in [0.1, 0.15) is 17.5 Å². The fraction of sp³-hybridized carbons (Fsp3) is 0.444. The van der Waals surface area contributed by atoms with E-state index in [1.54, 1.807) is 6.08 Å². The van der Waals surface area contributed by atoms with E-state index in [2.05, 4.69) is 0 Å². The first-order valence-electron chi connectivity index (χ1n) is 8.56. The Morgan fingerprint density at radius 3 is 2.54 bits per heavy atom. The molecule has 1 saturated heterocycles. The summed E-state index contributed by atoms with van der Waals surface area (Å²) in [5.41, 5.74) is 4.60. The van der Waals surface area contributed by atoms with Gasteiger partial charge in [-0.3, -0.25) is 30.8 Å². The number of nitriles is 1. The number of ketones is 1. The van der Waals surface area contributed by atoms with E-state index in [1.165, 1.54) is 6.07 Å². The van der Waals surface area contributed by atoms with Crippen molar-refractivity contribution in [3.63, 3.8) is 0 Å². The summed E-state index contributed by atoms with van der Waals surface area (Å²) in [6.07, 6.45) is 0.848. The second-order valence-electron chi connectivity index (χ2n) is 7.68. The predicted octanol–water partition coefficient (Wildman–Crippen LogP) is 2.54. The number of ether oxygens (including phenoxy) is 1. The highest BCUT2D eigenvalue weighted by Crippen LogP contribution is 2.50. The lowest BCUT2D eigenvalue weighted by Crippen LogP contribution is -2.48. The Labute approximate surface area is 159 Å². The van der Waals surface area contributed by atoms with Crippen molar-refractivity contribution in [1.82, 2.24) is 0 Å². The molecule has 0 spiro atoms. The lowest BCUT2D eigenvalue weighted by atomic mass is 9.65. The highest BCUT2D eigenvalue weighted by atomic mass is 16.6. The van der Waals surface area contributed by atoms with Gasteiger partial charge < -0.3 is 4.74 Å². The molecule has 0 bridgehead atoms. The Kier molecular flexibility index (Phi) is 4.64. The van der Waals surface area contributed by atoms with Crippen LogP contribution in [0.4, 0.5) is 11.4 Å². The summed E-state index contributed by atoms with van der Waals surface area (Å²) < 4.78 is 5.63. The summed E-state index contributed by atoms with van der Waals surface area (Å²) in [5, 5.41) is 32.2. The summed E-state index contributed by atoms with van der Waals surface area (Å²) in [6.45, 7) is 3.70. The van der Waals surface area contributed by atoms with Crippen LogP contribution < -0.4 is 5.73 Å². The van der Waals surface area contributed by atoms with Gasteiger partial charge in [0.25, 0.3) is 11.4 Å². The summed E-state index contributed by atoms with van der Waals surface area (Å²) in [4.78, 5) is 34.0. The van der Waals surface area contributed by atoms with Crippen LogP contribution in [0.2, 0.25) is 0 Å². The molecule has 0 radical (unpaired) electrons. The number of carbonyl (C=O) groups excluding carboxylic acids is 1. The number of Topliss-reactive ketones (excluding diaryl/α,β-unsaturated/α-hetero) is 1. The first-order chi connectivity index (χ1) is 13.1. The van der Waals surface area contributed by atoms with Gasteiger partial charge in [0.2, 0.25) is 0 Å². The third kappa shape index (κ3) is 3.20. The third-order valence-corrected chi connectivity index (χ3v) is 5.12. The smallest absolute Gasteiger partial charge is 0.279 e. The standard InChI is InChI=1S/C18H18N4O6/c1-18(2)6-13(23)16-14(7-18)28-17(20)11(8-19)15(16)10-4-3-9(21(24)25)5-12(10)22(26)27/h3-5,7,11,15-17H,6,20H2,1-2H3. The molecule has 1 heterocycles. The Bertz CT molecular complexity index is 948. The van der Waals surface area contributed by atoms with Crippen LogP contribution in [-0.4, -0.2) is 21.9 Å². The van der Waals surface area contributed by atoms with E-state index in [1.807, 2.05) is 19.9 Å². The summed E-state index contributed by atoms with van der Waals surface area (Å²) in [5.74, 6) is -2.81. The minimum Gasteiger partial charge on any atom is -0.478 e. The van der Waals surface area contributed by atoms with E-state index in [9.17, 15) is 30.3 Å². The maximum absolute atomic E-state index is 12.9. The van der Waals surface area contributed by atoms with Gasteiger partial charge in [-0.2, -0.15) is 5.26 Å². The van der Waals surface area contributed by atoms with Gasteiger partial charge >= 0.3 is 0 Å². The van der Waals surface area contributed by atoms with Gasteiger partial charge in [-0.05, 0) is 17.6 Å². The molecule has 1 aromatic carbocycles. The van der Waals surface area contributed by atoms with Crippen molar-refractivity contribution in [3.05, 3.63) is 55.8 Å². The normalized spacial score (nSPS) is 28.4. The molecule has 4 atom stereocenters. The summed E-state index contributed by atoms with van der Waals surface area (Å²) in [7, 11) is 0. The molecule has 2 N–H and O–H groups in total. The van der Waals surface area contributed by atoms with Gasteiger partial charge in [-0.1, -0.05) is 13.8 Å². The molecule has 2 aliphatic rings. The predicted molar refractivity (Wildman–Crippen MR) is 95.6 cm³/mol. The van der Waals surface area contributed by atoms with Crippen molar-refractivity contribution in [3.8, 4) is 6.07 Å². The number of nitro benzene ring substituents is 2. The Hall–Kier alpha value is -3.32. The second-order valence-corrected chi connectivity index (χ2v) is 7.68. The van der Waals surface area contributed by atoms with E-state index in [4.69, 9.17) is 10.5 Å². The van der Waals surface area contributed by atoms with Gasteiger partial charge in [-0.25, -0.2) is 0 Å².